The average Bonchev–Trinajstić information content (AvgIpc) is 2.60. The van der Waals surface area contributed by atoms with E-state index in [9.17, 15) is 22.8 Å². The smallest absolute Gasteiger partial charge is 0.367 e. The van der Waals surface area contributed by atoms with Gasteiger partial charge in [-0.1, -0.05) is 12.1 Å². The number of halogens is 3. The van der Waals surface area contributed by atoms with Gasteiger partial charge in [-0.25, -0.2) is 0 Å². The summed E-state index contributed by atoms with van der Waals surface area (Å²) in [5, 5.41) is 2.94. The standard InChI is InChI=1S/C20H25F3N2O3/c1-13(26)24-17-11-18(15-3-5-16(6-4-15)20(21,22)23)28-19(12-17)7-9-25(10-8-19)14(2)27/h3-6,17-18H,7-12H2,1-2H3,(H,24,26)/t17-,18-/m1/s1. The molecule has 5 nitrogen and oxygen atoms in total. The van der Waals surface area contributed by atoms with E-state index >= 15 is 0 Å². The second-order valence-corrected chi connectivity index (χ2v) is 7.75. The molecule has 0 aromatic heterocycles. The normalized spacial score (nSPS) is 24.8. The molecule has 1 spiro atoms. The molecule has 0 unspecified atom stereocenters. The summed E-state index contributed by atoms with van der Waals surface area (Å²) in [6.07, 6.45) is -2.37. The van der Waals surface area contributed by atoms with E-state index in [1.165, 1.54) is 26.0 Å². The first-order valence-corrected chi connectivity index (χ1v) is 9.46. The summed E-state index contributed by atoms with van der Waals surface area (Å²) in [7, 11) is 0. The van der Waals surface area contributed by atoms with Gasteiger partial charge in [-0.05, 0) is 43.4 Å². The highest BCUT2D eigenvalue weighted by atomic mass is 19.4. The fraction of sp³-hybridized carbons (Fsp3) is 0.600. The Balaban J connectivity index is 1.80. The summed E-state index contributed by atoms with van der Waals surface area (Å²) in [5.41, 5.74) is -0.531. The molecule has 2 heterocycles. The molecule has 2 atom stereocenters. The van der Waals surface area contributed by atoms with Crippen molar-refractivity contribution in [3.8, 4) is 0 Å². The lowest BCUT2D eigenvalue weighted by Crippen LogP contribution is -2.54. The van der Waals surface area contributed by atoms with Crippen LogP contribution in [0.25, 0.3) is 0 Å². The van der Waals surface area contributed by atoms with Crippen LogP contribution in [-0.2, 0) is 20.5 Å². The zero-order valence-electron chi connectivity index (χ0n) is 16.0. The SMILES string of the molecule is CC(=O)N[C@@H]1C[C@H](c2ccc(C(F)(F)F)cc2)OC2(CCN(C(C)=O)CC2)C1. The first kappa shape index (κ1) is 20.6. The molecule has 2 fully saturated rings. The summed E-state index contributed by atoms with van der Waals surface area (Å²) < 4.78 is 44.9. The van der Waals surface area contributed by atoms with Crippen molar-refractivity contribution < 1.29 is 27.5 Å². The quantitative estimate of drug-likeness (QED) is 0.830. The van der Waals surface area contributed by atoms with Crippen LogP contribution in [0.5, 0.6) is 0 Å². The third kappa shape index (κ3) is 4.66. The lowest BCUT2D eigenvalue weighted by Gasteiger charge is -2.49. The van der Waals surface area contributed by atoms with Gasteiger partial charge >= 0.3 is 6.18 Å². The highest BCUT2D eigenvalue weighted by molar-refractivity contribution is 5.73. The number of nitrogens with zero attached hydrogens (tertiary/aromatic N) is 1. The number of nitrogens with one attached hydrogen (secondary N) is 1. The van der Waals surface area contributed by atoms with Crippen LogP contribution < -0.4 is 5.32 Å². The molecule has 2 amide bonds. The van der Waals surface area contributed by atoms with Gasteiger partial charge in [0.1, 0.15) is 0 Å². The van der Waals surface area contributed by atoms with Crippen LogP contribution in [-0.4, -0.2) is 41.4 Å². The highest BCUT2D eigenvalue weighted by Crippen LogP contribution is 2.43. The van der Waals surface area contributed by atoms with Crippen molar-refractivity contribution in [1.29, 1.82) is 0 Å². The van der Waals surface area contributed by atoms with Crippen molar-refractivity contribution in [2.24, 2.45) is 0 Å². The molecule has 154 valence electrons. The number of likely N-dealkylation sites (tertiary alicyclic amines) is 1. The maximum atomic E-state index is 12.8. The van der Waals surface area contributed by atoms with E-state index in [1.807, 2.05) is 0 Å². The van der Waals surface area contributed by atoms with Gasteiger partial charge in [0.15, 0.2) is 0 Å². The first-order valence-electron chi connectivity index (χ1n) is 9.46. The van der Waals surface area contributed by atoms with Crippen molar-refractivity contribution in [3.63, 3.8) is 0 Å². The zero-order valence-corrected chi connectivity index (χ0v) is 16.0. The van der Waals surface area contributed by atoms with E-state index in [-0.39, 0.29) is 17.9 Å². The van der Waals surface area contributed by atoms with E-state index in [0.717, 1.165) is 12.1 Å². The van der Waals surface area contributed by atoms with Crippen molar-refractivity contribution in [1.82, 2.24) is 10.2 Å². The fourth-order valence-electron chi connectivity index (χ4n) is 4.23. The third-order valence-corrected chi connectivity index (χ3v) is 5.65. The summed E-state index contributed by atoms with van der Waals surface area (Å²) >= 11 is 0. The fourth-order valence-corrected chi connectivity index (χ4v) is 4.23. The Morgan fingerprint density at radius 2 is 1.75 bits per heavy atom. The lowest BCUT2D eigenvalue weighted by molar-refractivity contribution is -0.168. The molecule has 8 heteroatoms. The maximum absolute atomic E-state index is 12.8. The molecule has 2 saturated heterocycles. The first-order chi connectivity index (χ1) is 13.1. The predicted octanol–water partition coefficient (Wildman–Crippen LogP) is 3.44. The number of hydrogen-bond donors (Lipinski definition) is 1. The minimum absolute atomic E-state index is 0.0170. The van der Waals surface area contributed by atoms with E-state index < -0.39 is 23.4 Å². The van der Waals surface area contributed by atoms with Crippen LogP contribution in [0, 0.1) is 0 Å². The Kier molecular flexibility index (Phi) is 5.70. The molecule has 0 aliphatic carbocycles. The maximum Gasteiger partial charge on any atom is 0.416 e. The van der Waals surface area contributed by atoms with Gasteiger partial charge in [0.2, 0.25) is 11.8 Å². The number of alkyl halides is 3. The topological polar surface area (TPSA) is 58.6 Å². The summed E-state index contributed by atoms with van der Waals surface area (Å²) in [6.45, 7) is 4.13. The average molecular weight is 398 g/mol. The number of piperidine rings is 1. The van der Waals surface area contributed by atoms with Gasteiger partial charge in [0.25, 0.3) is 0 Å². The van der Waals surface area contributed by atoms with E-state index in [0.29, 0.717) is 44.3 Å². The molecule has 1 N–H and O–H groups in total. The summed E-state index contributed by atoms with van der Waals surface area (Å²) in [4.78, 5) is 25.0. The highest BCUT2D eigenvalue weighted by Gasteiger charge is 2.44. The number of carbonyl (C=O) groups excluding carboxylic acids is 2. The van der Waals surface area contributed by atoms with Crippen LogP contribution in [0.4, 0.5) is 13.2 Å². The molecule has 1 aromatic rings. The Labute approximate surface area is 162 Å². The second kappa shape index (κ2) is 7.73. The number of carbonyl (C=O) groups is 2. The number of benzene rings is 1. The minimum Gasteiger partial charge on any atom is -0.367 e. The number of hydrogen-bond acceptors (Lipinski definition) is 3. The Bertz CT molecular complexity index is 725. The van der Waals surface area contributed by atoms with E-state index in [1.54, 1.807) is 4.90 Å². The van der Waals surface area contributed by atoms with Crippen molar-refractivity contribution >= 4 is 11.8 Å². The summed E-state index contributed by atoms with van der Waals surface area (Å²) in [6, 6.07) is 4.89. The monoisotopic (exact) mass is 398 g/mol. The second-order valence-electron chi connectivity index (χ2n) is 7.75. The van der Waals surface area contributed by atoms with Crippen LogP contribution >= 0.6 is 0 Å². The largest absolute Gasteiger partial charge is 0.416 e. The Morgan fingerprint density at radius 1 is 1.14 bits per heavy atom. The molecule has 0 bridgehead atoms. The lowest BCUT2D eigenvalue weighted by atomic mass is 9.79. The Hall–Kier alpha value is -2.09. The molecule has 2 aliphatic heterocycles. The predicted molar refractivity (Wildman–Crippen MR) is 96.3 cm³/mol. The van der Waals surface area contributed by atoms with E-state index in [4.69, 9.17) is 4.74 Å². The number of amides is 2. The van der Waals surface area contributed by atoms with E-state index in [2.05, 4.69) is 5.32 Å². The van der Waals surface area contributed by atoms with Crippen LogP contribution in [0.15, 0.2) is 24.3 Å². The van der Waals surface area contributed by atoms with Gasteiger partial charge < -0.3 is 15.0 Å². The third-order valence-electron chi connectivity index (χ3n) is 5.65. The molecular weight excluding hydrogens is 373 g/mol. The van der Waals surface area contributed by atoms with Crippen molar-refractivity contribution in [3.05, 3.63) is 35.4 Å². The molecular formula is C20H25F3N2O3. The molecule has 0 saturated carbocycles. The molecule has 2 aliphatic rings. The molecule has 0 radical (unpaired) electrons. The van der Waals surface area contributed by atoms with Crippen LogP contribution in [0.1, 0.15) is 56.8 Å². The van der Waals surface area contributed by atoms with Gasteiger partial charge in [0.05, 0.1) is 17.3 Å². The zero-order chi connectivity index (χ0) is 20.5. The van der Waals surface area contributed by atoms with Gasteiger partial charge in [-0.2, -0.15) is 13.2 Å². The van der Waals surface area contributed by atoms with Crippen LogP contribution in [0.2, 0.25) is 0 Å². The number of ether oxygens (including phenoxy) is 1. The van der Waals surface area contributed by atoms with Gasteiger partial charge in [-0.15, -0.1) is 0 Å². The van der Waals surface area contributed by atoms with Crippen molar-refractivity contribution in [2.75, 3.05) is 13.1 Å². The molecule has 1 aromatic carbocycles. The van der Waals surface area contributed by atoms with Crippen LogP contribution in [0.3, 0.4) is 0 Å². The molecule has 3 rings (SSSR count). The number of rotatable bonds is 2. The van der Waals surface area contributed by atoms with Crippen molar-refractivity contribution in [2.45, 2.75) is 63.5 Å². The molecule has 28 heavy (non-hydrogen) atoms. The minimum atomic E-state index is -4.38. The van der Waals surface area contributed by atoms with Gasteiger partial charge in [-0.3, -0.25) is 9.59 Å². The Morgan fingerprint density at radius 3 is 2.25 bits per heavy atom. The summed E-state index contributed by atoms with van der Waals surface area (Å²) in [5.74, 6) is -0.127. The van der Waals surface area contributed by atoms with Gasteiger partial charge in [0, 0.05) is 33.0 Å².